The van der Waals surface area contributed by atoms with Gasteiger partial charge in [0.1, 0.15) is 5.52 Å². The van der Waals surface area contributed by atoms with Crippen molar-refractivity contribution >= 4 is 16.9 Å². The first-order chi connectivity index (χ1) is 19.4. The van der Waals surface area contributed by atoms with Crippen LogP contribution in [0.3, 0.4) is 0 Å². The second-order valence-electron chi connectivity index (χ2n) is 10.9. The molecular formula is C32H34FN7. The van der Waals surface area contributed by atoms with Gasteiger partial charge in [-0.3, -0.25) is 9.67 Å². The first-order valence-electron chi connectivity index (χ1n) is 13.9. The number of nitrogens with one attached hydrogen (secondary N) is 2. The van der Waals surface area contributed by atoms with E-state index in [1.807, 2.05) is 43.6 Å². The first kappa shape index (κ1) is 26.1. The minimum absolute atomic E-state index is 0.224. The molecule has 40 heavy (non-hydrogen) atoms. The Morgan fingerprint density at radius 1 is 0.925 bits per heavy atom. The Kier molecular flexibility index (Phi) is 7.26. The summed E-state index contributed by atoms with van der Waals surface area (Å²) < 4.78 is 16.8. The van der Waals surface area contributed by atoms with Crippen molar-refractivity contribution in [3.8, 4) is 22.5 Å². The number of hydrogen-bond donors (Lipinski definition) is 2. The molecule has 6 rings (SSSR count). The van der Waals surface area contributed by atoms with Crippen molar-refractivity contribution in [1.82, 2.24) is 30.0 Å². The summed E-state index contributed by atoms with van der Waals surface area (Å²) in [6.07, 6.45) is 6.68. The van der Waals surface area contributed by atoms with Crippen LogP contribution in [0.1, 0.15) is 50.3 Å². The highest BCUT2D eigenvalue weighted by molar-refractivity contribution is 5.87. The Labute approximate surface area is 233 Å². The van der Waals surface area contributed by atoms with E-state index < -0.39 is 0 Å². The number of benzene rings is 2. The largest absolute Gasteiger partial charge is 0.351 e. The van der Waals surface area contributed by atoms with Crippen LogP contribution in [0.15, 0.2) is 73.1 Å². The molecule has 0 amide bonds. The van der Waals surface area contributed by atoms with E-state index in [1.54, 1.807) is 10.9 Å². The highest BCUT2D eigenvalue weighted by Gasteiger charge is 2.25. The van der Waals surface area contributed by atoms with E-state index in [1.165, 1.54) is 11.6 Å². The zero-order valence-corrected chi connectivity index (χ0v) is 23.1. The monoisotopic (exact) mass is 535 g/mol. The Balaban J connectivity index is 1.09. The molecule has 0 radical (unpaired) electrons. The van der Waals surface area contributed by atoms with Gasteiger partial charge in [-0.15, -0.1) is 0 Å². The van der Waals surface area contributed by atoms with Crippen molar-refractivity contribution in [2.45, 2.75) is 57.7 Å². The molecule has 8 heteroatoms. The van der Waals surface area contributed by atoms with Crippen molar-refractivity contribution in [2.24, 2.45) is 7.05 Å². The molecule has 1 fully saturated rings. The number of aromatic nitrogens is 5. The maximum atomic E-state index is 15.0. The van der Waals surface area contributed by atoms with E-state index in [4.69, 9.17) is 4.98 Å². The minimum atomic E-state index is -0.334. The number of fused-ring (bicyclic) bond motifs is 1. The van der Waals surface area contributed by atoms with Gasteiger partial charge >= 0.3 is 0 Å². The van der Waals surface area contributed by atoms with Gasteiger partial charge in [0.05, 0.1) is 11.4 Å². The fourth-order valence-electron chi connectivity index (χ4n) is 5.77. The van der Waals surface area contributed by atoms with Crippen LogP contribution in [-0.2, 0) is 13.6 Å². The summed E-state index contributed by atoms with van der Waals surface area (Å²) in [5.41, 5.74) is 6.20. The molecular weight excluding hydrogens is 501 g/mol. The molecule has 0 aliphatic heterocycles. The summed E-state index contributed by atoms with van der Waals surface area (Å²) in [5.74, 6) is 0.463. The van der Waals surface area contributed by atoms with E-state index in [0.29, 0.717) is 23.2 Å². The van der Waals surface area contributed by atoms with Crippen molar-refractivity contribution in [3.63, 3.8) is 0 Å². The summed E-state index contributed by atoms with van der Waals surface area (Å²) in [5, 5.41) is 12.4. The molecule has 7 nitrogen and oxygen atoms in total. The maximum Gasteiger partial charge on any atom is 0.223 e. The SMILES string of the molecule is CC(C)c1c2cc(-c3ccnc(N[C@H]4CC[C@H](NCc5ccc(-c6ccccn6)cc5)C4)n3)cc(F)c2nn1C. The molecule has 2 atom stereocenters. The normalized spacial score (nSPS) is 17.1. The number of pyridine rings is 1. The highest BCUT2D eigenvalue weighted by atomic mass is 19.1. The van der Waals surface area contributed by atoms with Gasteiger partial charge < -0.3 is 10.6 Å². The third-order valence-electron chi connectivity index (χ3n) is 7.71. The average Bonchev–Trinajstić information content (AvgIpc) is 3.56. The molecule has 0 saturated heterocycles. The predicted octanol–water partition coefficient (Wildman–Crippen LogP) is 6.48. The Hall–Kier alpha value is -4.17. The molecule has 5 aromatic rings. The molecule has 3 aromatic heterocycles. The van der Waals surface area contributed by atoms with Crippen LogP contribution in [0.25, 0.3) is 33.4 Å². The lowest BCUT2D eigenvalue weighted by atomic mass is 10.0. The van der Waals surface area contributed by atoms with Gasteiger partial charge in [0.25, 0.3) is 0 Å². The second kappa shape index (κ2) is 11.1. The van der Waals surface area contributed by atoms with Crippen LogP contribution >= 0.6 is 0 Å². The molecule has 3 heterocycles. The van der Waals surface area contributed by atoms with Crippen molar-refractivity contribution < 1.29 is 4.39 Å². The summed E-state index contributed by atoms with van der Waals surface area (Å²) in [7, 11) is 1.87. The van der Waals surface area contributed by atoms with Gasteiger partial charge in [-0.25, -0.2) is 14.4 Å². The molecule has 0 spiro atoms. The Bertz CT molecular complexity index is 1610. The highest BCUT2D eigenvalue weighted by Crippen LogP contribution is 2.31. The molecule has 1 saturated carbocycles. The number of hydrogen-bond acceptors (Lipinski definition) is 6. The zero-order valence-electron chi connectivity index (χ0n) is 23.1. The second-order valence-corrected chi connectivity index (χ2v) is 10.9. The van der Waals surface area contributed by atoms with Crippen molar-refractivity contribution in [3.05, 3.63) is 90.1 Å². The van der Waals surface area contributed by atoms with E-state index in [0.717, 1.165) is 53.7 Å². The average molecular weight is 536 g/mol. The van der Waals surface area contributed by atoms with Crippen molar-refractivity contribution in [2.75, 3.05) is 5.32 Å². The number of nitrogens with zero attached hydrogens (tertiary/aromatic N) is 5. The topological polar surface area (TPSA) is 80.6 Å². The van der Waals surface area contributed by atoms with Crippen LogP contribution < -0.4 is 10.6 Å². The van der Waals surface area contributed by atoms with Crippen LogP contribution in [0.5, 0.6) is 0 Å². The molecule has 204 valence electrons. The van der Waals surface area contributed by atoms with Gasteiger partial charge in [0.15, 0.2) is 5.82 Å². The third kappa shape index (κ3) is 5.45. The third-order valence-corrected chi connectivity index (χ3v) is 7.71. The van der Waals surface area contributed by atoms with Gasteiger partial charge in [-0.2, -0.15) is 5.10 Å². The number of halogens is 1. The summed E-state index contributed by atoms with van der Waals surface area (Å²) in [4.78, 5) is 13.6. The fraction of sp³-hybridized carbons (Fsp3) is 0.312. The Morgan fingerprint density at radius 3 is 2.52 bits per heavy atom. The summed E-state index contributed by atoms with van der Waals surface area (Å²) in [6, 6.07) is 20.6. The number of aryl methyl sites for hydroxylation is 1. The minimum Gasteiger partial charge on any atom is -0.351 e. The smallest absolute Gasteiger partial charge is 0.223 e. The number of rotatable bonds is 8. The quantitative estimate of drug-likeness (QED) is 0.237. The molecule has 2 aromatic carbocycles. The van der Waals surface area contributed by atoms with Crippen LogP contribution in [0, 0.1) is 5.82 Å². The molecule has 0 unspecified atom stereocenters. The maximum absolute atomic E-state index is 15.0. The van der Waals surface area contributed by atoms with Gasteiger partial charge in [-0.05, 0) is 61.1 Å². The Morgan fingerprint density at radius 2 is 1.75 bits per heavy atom. The van der Waals surface area contributed by atoms with Crippen LogP contribution in [0.4, 0.5) is 10.3 Å². The lowest BCUT2D eigenvalue weighted by Crippen LogP contribution is -2.28. The zero-order chi connectivity index (χ0) is 27.6. The van der Waals surface area contributed by atoms with E-state index >= 15 is 4.39 Å². The predicted molar refractivity (Wildman–Crippen MR) is 157 cm³/mol. The molecule has 2 N–H and O–H groups in total. The lowest BCUT2D eigenvalue weighted by Gasteiger charge is -2.15. The van der Waals surface area contributed by atoms with Crippen LogP contribution in [0.2, 0.25) is 0 Å². The van der Waals surface area contributed by atoms with Gasteiger partial charge in [-0.1, -0.05) is 44.2 Å². The lowest BCUT2D eigenvalue weighted by molar-refractivity contribution is 0.520. The van der Waals surface area contributed by atoms with Gasteiger partial charge in [0.2, 0.25) is 5.95 Å². The fourth-order valence-corrected chi connectivity index (χ4v) is 5.77. The van der Waals surface area contributed by atoms with Gasteiger partial charge in [0, 0.05) is 60.3 Å². The molecule has 1 aliphatic carbocycles. The van der Waals surface area contributed by atoms with Crippen LogP contribution in [-0.4, -0.2) is 36.8 Å². The summed E-state index contributed by atoms with van der Waals surface area (Å²) >= 11 is 0. The van der Waals surface area contributed by atoms with E-state index in [9.17, 15) is 0 Å². The summed E-state index contributed by atoms with van der Waals surface area (Å²) in [6.45, 7) is 5.01. The number of anilines is 1. The van der Waals surface area contributed by atoms with E-state index in [2.05, 4.69) is 63.8 Å². The van der Waals surface area contributed by atoms with Crippen molar-refractivity contribution in [1.29, 1.82) is 0 Å². The van der Waals surface area contributed by atoms with E-state index in [-0.39, 0.29) is 17.8 Å². The first-order valence-corrected chi connectivity index (χ1v) is 13.9. The molecule has 0 bridgehead atoms. The standard InChI is InChI=1S/C32H34FN7/c1-20(2)31-26-16-23(17-27(33)30(26)39-40(31)3)29-13-15-35-32(38-29)37-25-12-11-24(18-25)36-19-21-7-9-22(10-8-21)28-6-4-5-14-34-28/h4-10,13-17,20,24-25,36H,11-12,18-19H2,1-3H3,(H,35,37,38)/t24-,25-/m0/s1. The molecule has 1 aliphatic rings.